The van der Waals surface area contributed by atoms with Crippen LogP contribution in [0.3, 0.4) is 0 Å². The zero-order valence-corrected chi connectivity index (χ0v) is 13.9. The molecule has 0 unspecified atom stereocenters. The molecule has 7 nitrogen and oxygen atoms in total. The Bertz CT molecular complexity index is 738. The number of amides is 3. The summed E-state index contributed by atoms with van der Waals surface area (Å²) in [4.78, 5) is 26.0. The minimum Gasteiger partial charge on any atom is -0.336 e. The van der Waals surface area contributed by atoms with Gasteiger partial charge >= 0.3 is 6.03 Å². The third-order valence-electron chi connectivity index (χ3n) is 3.80. The molecule has 0 bridgehead atoms. The van der Waals surface area contributed by atoms with Crippen LogP contribution < -0.4 is 5.32 Å². The van der Waals surface area contributed by atoms with E-state index in [0.29, 0.717) is 19.1 Å². The molecule has 1 aliphatic heterocycles. The van der Waals surface area contributed by atoms with Crippen molar-refractivity contribution in [1.29, 1.82) is 0 Å². The van der Waals surface area contributed by atoms with Crippen LogP contribution >= 0.6 is 23.1 Å². The fourth-order valence-corrected chi connectivity index (χ4v) is 4.11. The number of thiophene rings is 1. The van der Waals surface area contributed by atoms with E-state index in [-0.39, 0.29) is 17.7 Å². The molecule has 1 saturated carbocycles. The Labute approximate surface area is 141 Å². The lowest BCUT2D eigenvalue weighted by atomic mass is 10.4. The number of hydrogen-bond donors (Lipinski definition) is 1. The van der Waals surface area contributed by atoms with Gasteiger partial charge in [0.1, 0.15) is 0 Å². The van der Waals surface area contributed by atoms with Gasteiger partial charge < -0.3 is 5.32 Å². The number of imide groups is 1. The molecular formula is C14H15N5O2S2. The van der Waals surface area contributed by atoms with Crippen LogP contribution in [0, 0.1) is 0 Å². The average molecular weight is 349 g/mol. The second-order valence-corrected chi connectivity index (χ2v) is 7.34. The number of nitrogens with zero attached hydrogens (tertiary/aromatic N) is 4. The monoisotopic (exact) mass is 349 g/mol. The molecule has 0 spiro atoms. The van der Waals surface area contributed by atoms with Crippen LogP contribution in [0.2, 0.25) is 0 Å². The molecule has 1 aliphatic carbocycles. The fourth-order valence-electron chi connectivity index (χ4n) is 2.52. The van der Waals surface area contributed by atoms with E-state index in [1.54, 1.807) is 11.3 Å². The minimum absolute atomic E-state index is 0.187. The third-order valence-corrected chi connectivity index (χ3v) is 5.59. The van der Waals surface area contributed by atoms with Crippen molar-refractivity contribution in [2.45, 2.75) is 24.0 Å². The number of carbonyl (C=O) groups excluding carboxylic acids is 2. The second-order valence-electron chi connectivity index (χ2n) is 5.45. The van der Waals surface area contributed by atoms with E-state index in [0.717, 1.165) is 28.7 Å². The van der Waals surface area contributed by atoms with Crippen LogP contribution in [0.25, 0.3) is 10.7 Å². The number of thioether (sulfide) groups is 1. The first-order valence-corrected chi connectivity index (χ1v) is 9.30. The molecule has 2 fully saturated rings. The predicted molar refractivity (Wildman–Crippen MR) is 87.4 cm³/mol. The number of aromatic nitrogens is 3. The Morgan fingerprint density at radius 2 is 2.30 bits per heavy atom. The van der Waals surface area contributed by atoms with Crippen LogP contribution in [-0.4, -0.2) is 50.4 Å². The average Bonchev–Trinajstić information content (AvgIpc) is 2.96. The van der Waals surface area contributed by atoms with Crippen molar-refractivity contribution < 1.29 is 9.59 Å². The molecule has 3 amide bonds. The topological polar surface area (TPSA) is 80.1 Å². The van der Waals surface area contributed by atoms with Crippen LogP contribution in [0.15, 0.2) is 22.7 Å². The molecule has 3 heterocycles. The van der Waals surface area contributed by atoms with Gasteiger partial charge in [-0.15, -0.1) is 21.5 Å². The highest BCUT2D eigenvalue weighted by molar-refractivity contribution is 7.99. The SMILES string of the molecule is O=C(CSc1nnc(-c2cccs2)n1C1CC1)N1CCNC1=O. The molecule has 4 rings (SSSR count). The standard InChI is InChI=1S/C14H15N5O2S2/c20-11(18-6-5-15-13(18)21)8-23-14-17-16-12(10-2-1-7-22-10)19(14)9-3-4-9/h1-2,7,9H,3-6,8H2,(H,15,21). The first kappa shape index (κ1) is 14.7. The molecule has 0 atom stereocenters. The summed E-state index contributed by atoms with van der Waals surface area (Å²) in [5, 5.41) is 14.0. The number of carbonyl (C=O) groups is 2. The molecule has 2 aliphatic rings. The summed E-state index contributed by atoms with van der Waals surface area (Å²) in [7, 11) is 0. The normalized spacial score (nSPS) is 17.6. The van der Waals surface area contributed by atoms with E-state index in [9.17, 15) is 9.59 Å². The van der Waals surface area contributed by atoms with Gasteiger partial charge in [0.15, 0.2) is 11.0 Å². The van der Waals surface area contributed by atoms with E-state index in [4.69, 9.17) is 0 Å². The van der Waals surface area contributed by atoms with Crippen molar-refractivity contribution in [1.82, 2.24) is 25.0 Å². The van der Waals surface area contributed by atoms with Crippen molar-refractivity contribution in [3.05, 3.63) is 17.5 Å². The van der Waals surface area contributed by atoms with Crippen molar-refractivity contribution in [3.63, 3.8) is 0 Å². The lowest BCUT2D eigenvalue weighted by Gasteiger charge is -2.12. The van der Waals surface area contributed by atoms with E-state index >= 15 is 0 Å². The Balaban J connectivity index is 1.51. The molecule has 2 aromatic rings. The van der Waals surface area contributed by atoms with Gasteiger partial charge in [-0.2, -0.15) is 0 Å². The van der Waals surface area contributed by atoms with E-state index in [1.165, 1.54) is 16.7 Å². The van der Waals surface area contributed by atoms with E-state index in [2.05, 4.69) is 20.1 Å². The van der Waals surface area contributed by atoms with E-state index < -0.39 is 0 Å². The summed E-state index contributed by atoms with van der Waals surface area (Å²) in [6.07, 6.45) is 2.24. The summed E-state index contributed by atoms with van der Waals surface area (Å²) in [5.41, 5.74) is 0. The van der Waals surface area contributed by atoms with Gasteiger partial charge in [0.2, 0.25) is 5.91 Å². The summed E-state index contributed by atoms with van der Waals surface area (Å²) in [5.74, 6) is 0.882. The highest BCUT2D eigenvalue weighted by atomic mass is 32.2. The van der Waals surface area contributed by atoms with Crippen LogP contribution in [0.5, 0.6) is 0 Å². The first-order valence-electron chi connectivity index (χ1n) is 7.44. The molecule has 1 N–H and O–H groups in total. The Hall–Kier alpha value is -1.87. The van der Waals surface area contributed by atoms with Gasteiger partial charge in [-0.05, 0) is 24.3 Å². The largest absolute Gasteiger partial charge is 0.336 e. The number of hydrogen-bond acceptors (Lipinski definition) is 6. The molecule has 1 saturated heterocycles. The number of nitrogens with one attached hydrogen (secondary N) is 1. The zero-order chi connectivity index (χ0) is 15.8. The molecule has 0 radical (unpaired) electrons. The maximum absolute atomic E-state index is 12.2. The fraction of sp³-hybridized carbons (Fsp3) is 0.429. The lowest BCUT2D eigenvalue weighted by Crippen LogP contribution is -2.35. The molecule has 2 aromatic heterocycles. The molecule has 23 heavy (non-hydrogen) atoms. The van der Waals surface area contributed by atoms with Gasteiger partial charge in [0.05, 0.1) is 10.6 Å². The van der Waals surface area contributed by atoms with Gasteiger partial charge in [0.25, 0.3) is 0 Å². The maximum atomic E-state index is 12.2. The molecular weight excluding hydrogens is 334 g/mol. The summed E-state index contributed by atoms with van der Waals surface area (Å²) in [6.45, 7) is 0.962. The Morgan fingerprint density at radius 3 is 2.96 bits per heavy atom. The van der Waals surface area contributed by atoms with Crippen molar-refractivity contribution in [3.8, 4) is 10.7 Å². The van der Waals surface area contributed by atoms with Crippen molar-refractivity contribution >= 4 is 35.0 Å². The van der Waals surface area contributed by atoms with Gasteiger partial charge in [-0.1, -0.05) is 17.8 Å². The van der Waals surface area contributed by atoms with Crippen LogP contribution in [0.1, 0.15) is 18.9 Å². The van der Waals surface area contributed by atoms with Crippen molar-refractivity contribution in [2.75, 3.05) is 18.8 Å². The Morgan fingerprint density at radius 1 is 1.43 bits per heavy atom. The minimum atomic E-state index is -0.307. The summed E-state index contributed by atoms with van der Waals surface area (Å²) >= 11 is 2.99. The van der Waals surface area contributed by atoms with Gasteiger partial charge in [-0.25, -0.2) is 4.79 Å². The summed E-state index contributed by atoms with van der Waals surface area (Å²) < 4.78 is 2.13. The highest BCUT2D eigenvalue weighted by Gasteiger charge is 2.31. The lowest BCUT2D eigenvalue weighted by molar-refractivity contribution is -0.124. The maximum Gasteiger partial charge on any atom is 0.324 e. The smallest absolute Gasteiger partial charge is 0.324 e. The quantitative estimate of drug-likeness (QED) is 0.835. The molecule has 9 heteroatoms. The van der Waals surface area contributed by atoms with E-state index in [1.807, 2.05) is 17.5 Å². The van der Waals surface area contributed by atoms with Gasteiger partial charge in [-0.3, -0.25) is 14.3 Å². The Kier molecular flexibility index (Phi) is 3.82. The predicted octanol–water partition coefficient (Wildman–Crippen LogP) is 1.99. The highest BCUT2D eigenvalue weighted by Crippen LogP contribution is 2.41. The number of rotatable bonds is 5. The first-order chi connectivity index (χ1) is 11.2. The summed E-state index contributed by atoms with van der Waals surface area (Å²) in [6, 6.07) is 4.14. The van der Waals surface area contributed by atoms with Crippen molar-refractivity contribution in [2.24, 2.45) is 0 Å². The molecule has 120 valence electrons. The molecule has 0 aromatic carbocycles. The van der Waals surface area contributed by atoms with Crippen LogP contribution in [0.4, 0.5) is 4.79 Å². The third kappa shape index (κ3) is 2.86. The zero-order valence-electron chi connectivity index (χ0n) is 12.3. The number of urea groups is 1. The van der Waals surface area contributed by atoms with Crippen LogP contribution in [-0.2, 0) is 4.79 Å². The van der Waals surface area contributed by atoms with Gasteiger partial charge in [0, 0.05) is 19.1 Å². The second kappa shape index (κ2) is 5.97.